The molecule has 4 heteroatoms. The van der Waals surface area contributed by atoms with Crippen LogP contribution in [0.3, 0.4) is 0 Å². The highest BCUT2D eigenvalue weighted by Crippen LogP contribution is 2.25. The quantitative estimate of drug-likeness (QED) is 0.893. The van der Waals surface area contributed by atoms with Gasteiger partial charge in [-0.15, -0.1) is 0 Å². The topological polar surface area (TPSA) is 29.1 Å². The minimum absolute atomic E-state index is 0.00303. The molecule has 0 atom stereocenters. The Morgan fingerprint density at radius 3 is 2.86 bits per heavy atom. The van der Waals surface area contributed by atoms with Crippen molar-refractivity contribution in [2.75, 3.05) is 5.32 Å². The highest BCUT2D eigenvalue weighted by Gasteiger charge is 2.04. The molecule has 1 N–H and O–H groups in total. The molecule has 14 heavy (non-hydrogen) atoms. The van der Waals surface area contributed by atoms with E-state index in [1.807, 2.05) is 13.0 Å². The van der Waals surface area contributed by atoms with E-state index in [1.165, 1.54) is 0 Å². The van der Waals surface area contributed by atoms with Crippen LogP contribution < -0.4 is 5.32 Å². The van der Waals surface area contributed by atoms with Gasteiger partial charge >= 0.3 is 0 Å². The predicted molar refractivity (Wildman–Crippen MR) is 62.7 cm³/mol. The summed E-state index contributed by atoms with van der Waals surface area (Å²) in [5.41, 5.74) is 0.660. The van der Waals surface area contributed by atoms with E-state index in [0.717, 1.165) is 10.9 Å². The van der Waals surface area contributed by atoms with Crippen molar-refractivity contribution in [3.63, 3.8) is 0 Å². The van der Waals surface area contributed by atoms with Gasteiger partial charge in [-0.2, -0.15) is 0 Å². The van der Waals surface area contributed by atoms with Gasteiger partial charge in [-0.3, -0.25) is 4.79 Å². The normalized spacial score (nSPS) is 9.93. The first-order chi connectivity index (χ1) is 6.63. The molecular weight excluding hydrogens is 265 g/mol. The average Bonchev–Trinajstić information content (AvgIpc) is 2.10. The molecule has 0 saturated carbocycles. The third-order valence-corrected chi connectivity index (χ3v) is 2.49. The lowest BCUT2D eigenvalue weighted by molar-refractivity contribution is -0.116. The van der Waals surface area contributed by atoms with E-state index in [4.69, 9.17) is 11.6 Å². The maximum absolute atomic E-state index is 11.3. The molecule has 0 bridgehead atoms. The van der Waals surface area contributed by atoms with Crippen molar-refractivity contribution in [1.29, 1.82) is 0 Å². The Morgan fingerprint density at radius 1 is 1.57 bits per heavy atom. The molecule has 1 amide bonds. The summed E-state index contributed by atoms with van der Waals surface area (Å²) in [7, 11) is 0. The summed E-state index contributed by atoms with van der Waals surface area (Å²) < 4.78 is 0.899. The summed E-state index contributed by atoms with van der Waals surface area (Å²) in [6.07, 6.45) is 1.35. The van der Waals surface area contributed by atoms with Gasteiger partial charge in [0, 0.05) is 10.9 Å². The SMILES string of the molecule is CCCC(=O)Nc1ccc(Br)cc1Cl. The van der Waals surface area contributed by atoms with Crippen LogP contribution in [0.5, 0.6) is 0 Å². The second kappa shape index (κ2) is 5.37. The number of benzene rings is 1. The summed E-state index contributed by atoms with van der Waals surface area (Å²) in [6, 6.07) is 5.37. The Balaban J connectivity index is 2.72. The number of hydrogen-bond acceptors (Lipinski definition) is 1. The predicted octanol–water partition coefficient (Wildman–Crippen LogP) is 3.84. The number of carbonyl (C=O) groups excluding carboxylic acids is 1. The molecule has 0 aliphatic carbocycles. The van der Waals surface area contributed by atoms with E-state index in [-0.39, 0.29) is 5.91 Å². The van der Waals surface area contributed by atoms with Crippen LogP contribution >= 0.6 is 27.5 Å². The zero-order valence-corrected chi connectivity index (χ0v) is 10.2. The molecule has 0 aromatic heterocycles. The highest BCUT2D eigenvalue weighted by atomic mass is 79.9. The van der Waals surface area contributed by atoms with Gasteiger partial charge in [0.05, 0.1) is 10.7 Å². The molecule has 0 aliphatic heterocycles. The maximum Gasteiger partial charge on any atom is 0.224 e. The number of anilines is 1. The fourth-order valence-electron chi connectivity index (χ4n) is 1.03. The average molecular weight is 277 g/mol. The molecular formula is C10H11BrClNO. The third kappa shape index (κ3) is 3.31. The minimum Gasteiger partial charge on any atom is -0.325 e. The van der Waals surface area contributed by atoms with Crippen LogP contribution in [-0.4, -0.2) is 5.91 Å². The van der Waals surface area contributed by atoms with E-state index in [9.17, 15) is 4.79 Å². The first kappa shape index (κ1) is 11.5. The van der Waals surface area contributed by atoms with Gasteiger partial charge < -0.3 is 5.32 Å². The molecule has 0 fully saturated rings. The van der Waals surface area contributed by atoms with Gasteiger partial charge in [-0.05, 0) is 24.6 Å². The van der Waals surface area contributed by atoms with Crippen LogP contribution in [0.1, 0.15) is 19.8 Å². The summed E-state index contributed by atoms with van der Waals surface area (Å²) >= 11 is 9.23. The minimum atomic E-state index is -0.00303. The van der Waals surface area contributed by atoms with Crippen molar-refractivity contribution < 1.29 is 4.79 Å². The van der Waals surface area contributed by atoms with Crippen molar-refractivity contribution in [1.82, 2.24) is 0 Å². The summed E-state index contributed by atoms with van der Waals surface area (Å²) in [4.78, 5) is 11.3. The Labute approximate surface area is 96.8 Å². The van der Waals surface area contributed by atoms with Gasteiger partial charge in [0.25, 0.3) is 0 Å². The van der Waals surface area contributed by atoms with Gasteiger partial charge in [0.15, 0.2) is 0 Å². The lowest BCUT2D eigenvalue weighted by atomic mass is 10.3. The van der Waals surface area contributed by atoms with Gasteiger partial charge in [0.2, 0.25) is 5.91 Å². The van der Waals surface area contributed by atoms with Crippen LogP contribution in [0.4, 0.5) is 5.69 Å². The molecule has 1 aromatic carbocycles. The number of carbonyl (C=O) groups is 1. The fraction of sp³-hybridized carbons (Fsp3) is 0.300. The van der Waals surface area contributed by atoms with Crippen LogP contribution in [0.25, 0.3) is 0 Å². The van der Waals surface area contributed by atoms with Crippen molar-refractivity contribution in [2.24, 2.45) is 0 Å². The standard InChI is InChI=1S/C10H11BrClNO/c1-2-3-10(14)13-9-5-4-7(11)6-8(9)12/h4-6H,2-3H2,1H3,(H,13,14). The molecule has 0 radical (unpaired) electrons. The third-order valence-electron chi connectivity index (χ3n) is 1.68. The molecule has 2 nitrogen and oxygen atoms in total. The van der Waals surface area contributed by atoms with Crippen LogP contribution in [0.15, 0.2) is 22.7 Å². The number of hydrogen-bond donors (Lipinski definition) is 1. The summed E-state index contributed by atoms with van der Waals surface area (Å²) in [5, 5.41) is 3.29. The van der Waals surface area contributed by atoms with Crippen molar-refractivity contribution >= 4 is 39.1 Å². The van der Waals surface area contributed by atoms with E-state index in [0.29, 0.717) is 17.1 Å². The second-order valence-corrected chi connectivity index (χ2v) is 4.25. The molecule has 0 spiro atoms. The number of rotatable bonds is 3. The molecule has 0 heterocycles. The van der Waals surface area contributed by atoms with Crippen molar-refractivity contribution in [2.45, 2.75) is 19.8 Å². The molecule has 1 rings (SSSR count). The Morgan fingerprint density at radius 2 is 2.29 bits per heavy atom. The lowest BCUT2D eigenvalue weighted by Crippen LogP contribution is -2.10. The smallest absolute Gasteiger partial charge is 0.224 e. The number of nitrogens with one attached hydrogen (secondary N) is 1. The number of halogens is 2. The first-order valence-corrected chi connectivity index (χ1v) is 5.55. The van der Waals surface area contributed by atoms with Crippen molar-refractivity contribution in [3.05, 3.63) is 27.7 Å². The molecule has 76 valence electrons. The molecule has 0 saturated heterocycles. The van der Waals surface area contributed by atoms with E-state index in [2.05, 4.69) is 21.2 Å². The largest absolute Gasteiger partial charge is 0.325 e. The highest BCUT2D eigenvalue weighted by molar-refractivity contribution is 9.10. The van der Waals surface area contributed by atoms with E-state index < -0.39 is 0 Å². The zero-order chi connectivity index (χ0) is 10.6. The Kier molecular flexibility index (Phi) is 4.42. The maximum atomic E-state index is 11.3. The van der Waals surface area contributed by atoms with Crippen LogP contribution in [0.2, 0.25) is 5.02 Å². The fourth-order valence-corrected chi connectivity index (χ4v) is 1.75. The number of amides is 1. The Hall–Kier alpha value is -0.540. The van der Waals surface area contributed by atoms with Gasteiger partial charge in [0.1, 0.15) is 0 Å². The first-order valence-electron chi connectivity index (χ1n) is 4.38. The monoisotopic (exact) mass is 275 g/mol. The zero-order valence-electron chi connectivity index (χ0n) is 7.81. The molecule has 0 aliphatic rings. The second-order valence-electron chi connectivity index (χ2n) is 2.92. The van der Waals surface area contributed by atoms with Gasteiger partial charge in [-0.25, -0.2) is 0 Å². The molecule has 1 aromatic rings. The Bertz CT molecular complexity index is 341. The van der Waals surface area contributed by atoms with Crippen LogP contribution in [0, 0.1) is 0 Å². The van der Waals surface area contributed by atoms with Crippen molar-refractivity contribution in [3.8, 4) is 0 Å². The summed E-state index contributed by atoms with van der Waals surface area (Å²) in [6.45, 7) is 1.96. The summed E-state index contributed by atoms with van der Waals surface area (Å²) in [5.74, 6) is -0.00303. The lowest BCUT2D eigenvalue weighted by Gasteiger charge is -2.06. The van der Waals surface area contributed by atoms with E-state index in [1.54, 1.807) is 12.1 Å². The van der Waals surface area contributed by atoms with Crippen LogP contribution in [-0.2, 0) is 4.79 Å². The van der Waals surface area contributed by atoms with E-state index >= 15 is 0 Å². The van der Waals surface area contributed by atoms with Gasteiger partial charge in [-0.1, -0.05) is 34.5 Å². The molecule has 0 unspecified atom stereocenters.